The van der Waals surface area contributed by atoms with Gasteiger partial charge in [0.2, 0.25) is 0 Å². The largest absolute Gasteiger partial charge is 0.460 e. The van der Waals surface area contributed by atoms with Gasteiger partial charge in [-0.15, -0.1) is 12.4 Å². The maximum atomic E-state index is 13.4. The number of para-hydroxylation sites is 1. The Kier molecular flexibility index (Phi) is 6.45. The molecule has 1 fully saturated rings. The Balaban J connectivity index is 0.00000240. The molecule has 3 aromatic rings. The molecule has 6 nitrogen and oxygen atoms in total. The molecule has 0 spiro atoms. The molecule has 2 atom stereocenters. The van der Waals surface area contributed by atoms with E-state index in [0.717, 1.165) is 30.8 Å². The van der Waals surface area contributed by atoms with E-state index < -0.39 is 0 Å². The maximum Gasteiger partial charge on any atom is 0.257 e. The molecule has 0 aliphatic carbocycles. The highest BCUT2D eigenvalue weighted by Gasteiger charge is 2.30. The summed E-state index contributed by atoms with van der Waals surface area (Å²) in [6, 6.07) is 13.6. The lowest BCUT2D eigenvalue weighted by Gasteiger charge is -2.34. The number of carbonyl (C=O) groups excluding carboxylic acids is 1. The fraction of sp³-hybridized carbons (Fsp3) is 0.364. The maximum absolute atomic E-state index is 13.4. The molecule has 0 bridgehead atoms. The van der Waals surface area contributed by atoms with Crippen molar-refractivity contribution in [3.8, 4) is 17.1 Å². The molecule has 0 radical (unpaired) electrons. The van der Waals surface area contributed by atoms with Gasteiger partial charge in [-0.3, -0.25) is 4.79 Å². The van der Waals surface area contributed by atoms with Crippen LogP contribution in [0.2, 0.25) is 0 Å². The Morgan fingerprint density at radius 3 is 2.66 bits per heavy atom. The third-order valence-electron chi connectivity index (χ3n) is 5.43. The van der Waals surface area contributed by atoms with Gasteiger partial charge >= 0.3 is 0 Å². The number of halogens is 1. The van der Waals surface area contributed by atoms with Crippen molar-refractivity contribution in [2.75, 3.05) is 13.1 Å². The Bertz CT molecular complexity index is 964. The zero-order valence-corrected chi connectivity index (χ0v) is 17.6. The predicted octanol–water partition coefficient (Wildman–Crippen LogP) is 4.06. The van der Waals surface area contributed by atoms with E-state index >= 15 is 0 Å². The van der Waals surface area contributed by atoms with Crippen molar-refractivity contribution in [1.29, 1.82) is 0 Å². The van der Waals surface area contributed by atoms with Gasteiger partial charge in [-0.05, 0) is 56.9 Å². The zero-order chi connectivity index (χ0) is 19.7. The Labute approximate surface area is 177 Å². The van der Waals surface area contributed by atoms with Crippen molar-refractivity contribution >= 4 is 18.3 Å². The number of benzene rings is 1. The van der Waals surface area contributed by atoms with E-state index in [1.165, 1.54) is 0 Å². The topological polar surface area (TPSA) is 77.3 Å². The first-order valence-electron chi connectivity index (χ1n) is 9.79. The van der Waals surface area contributed by atoms with Gasteiger partial charge in [0.1, 0.15) is 11.5 Å². The molecule has 1 saturated heterocycles. The number of rotatable bonds is 4. The molecular weight excluding hydrogens is 388 g/mol. The van der Waals surface area contributed by atoms with Crippen LogP contribution in [0.3, 0.4) is 0 Å². The summed E-state index contributed by atoms with van der Waals surface area (Å²) in [6.07, 6.45) is 3.84. The highest BCUT2D eigenvalue weighted by atomic mass is 35.5. The van der Waals surface area contributed by atoms with Gasteiger partial charge in [0.05, 0.1) is 11.3 Å². The number of nitrogens with two attached hydrogens (primary N) is 1. The molecule has 2 unspecified atom stereocenters. The molecule has 0 saturated carbocycles. The van der Waals surface area contributed by atoms with E-state index in [1.54, 1.807) is 10.9 Å². The van der Waals surface area contributed by atoms with Crippen molar-refractivity contribution in [3.05, 3.63) is 60.0 Å². The van der Waals surface area contributed by atoms with E-state index in [-0.39, 0.29) is 24.4 Å². The lowest BCUT2D eigenvalue weighted by atomic mass is 9.92. The number of nitrogens with zero attached hydrogens (tertiary/aromatic N) is 3. The smallest absolute Gasteiger partial charge is 0.257 e. The molecule has 29 heavy (non-hydrogen) atoms. The average Bonchev–Trinajstić information content (AvgIpc) is 3.34. The zero-order valence-electron chi connectivity index (χ0n) is 16.7. The fourth-order valence-corrected chi connectivity index (χ4v) is 3.78. The van der Waals surface area contributed by atoms with Crippen molar-refractivity contribution in [1.82, 2.24) is 14.7 Å². The summed E-state index contributed by atoms with van der Waals surface area (Å²) in [4.78, 5) is 15.3. The molecular formula is C22H27ClN4O2. The van der Waals surface area contributed by atoms with Crippen LogP contribution in [-0.2, 0) is 0 Å². The Morgan fingerprint density at radius 2 is 2.00 bits per heavy atom. The third-order valence-corrected chi connectivity index (χ3v) is 5.43. The van der Waals surface area contributed by atoms with Gasteiger partial charge in [0, 0.05) is 25.3 Å². The number of hydrogen-bond acceptors (Lipinski definition) is 4. The highest BCUT2D eigenvalue weighted by Crippen LogP contribution is 2.28. The predicted molar refractivity (Wildman–Crippen MR) is 116 cm³/mol. The van der Waals surface area contributed by atoms with Crippen molar-refractivity contribution in [2.24, 2.45) is 11.7 Å². The van der Waals surface area contributed by atoms with E-state index in [4.69, 9.17) is 10.2 Å². The van der Waals surface area contributed by atoms with Crippen LogP contribution in [0, 0.1) is 12.8 Å². The van der Waals surface area contributed by atoms with E-state index in [2.05, 4.69) is 5.10 Å². The first kappa shape index (κ1) is 21.1. The minimum Gasteiger partial charge on any atom is -0.460 e. The van der Waals surface area contributed by atoms with Gasteiger partial charge in [-0.1, -0.05) is 18.2 Å². The number of carbonyl (C=O) groups is 1. The Morgan fingerprint density at radius 1 is 1.24 bits per heavy atom. The van der Waals surface area contributed by atoms with Gasteiger partial charge in [-0.2, -0.15) is 5.10 Å². The second-order valence-electron chi connectivity index (χ2n) is 7.59. The molecule has 1 aromatic carbocycles. The van der Waals surface area contributed by atoms with Crippen molar-refractivity contribution in [3.63, 3.8) is 0 Å². The summed E-state index contributed by atoms with van der Waals surface area (Å²) in [6.45, 7) is 5.33. The number of likely N-dealkylation sites (tertiary alicyclic amines) is 1. The Hall–Kier alpha value is -2.57. The van der Waals surface area contributed by atoms with Gasteiger partial charge in [-0.25, -0.2) is 4.68 Å². The first-order chi connectivity index (χ1) is 13.5. The molecule has 7 heteroatoms. The minimum atomic E-state index is -0.0171. The monoisotopic (exact) mass is 414 g/mol. The van der Waals surface area contributed by atoms with Gasteiger partial charge in [0.25, 0.3) is 5.91 Å². The third kappa shape index (κ3) is 4.38. The second-order valence-corrected chi connectivity index (χ2v) is 7.59. The molecule has 2 N–H and O–H groups in total. The van der Waals surface area contributed by atoms with E-state index in [1.807, 2.05) is 61.2 Å². The second kappa shape index (κ2) is 8.84. The van der Waals surface area contributed by atoms with Crippen LogP contribution < -0.4 is 5.73 Å². The van der Waals surface area contributed by atoms with Gasteiger partial charge < -0.3 is 15.1 Å². The van der Waals surface area contributed by atoms with E-state index in [9.17, 15) is 4.79 Å². The normalized spacial score (nSPS) is 17.6. The molecule has 1 aliphatic heterocycles. The summed E-state index contributed by atoms with van der Waals surface area (Å²) < 4.78 is 7.53. The number of aromatic nitrogens is 2. The number of aryl methyl sites for hydroxylation is 1. The van der Waals surface area contributed by atoms with Crippen molar-refractivity contribution < 1.29 is 9.21 Å². The molecule has 4 rings (SSSR count). The molecule has 154 valence electrons. The quantitative estimate of drug-likeness (QED) is 0.698. The first-order valence-corrected chi connectivity index (χ1v) is 9.79. The lowest BCUT2D eigenvalue weighted by molar-refractivity contribution is 0.0661. The SMILES string of the molecule is Cc1ccc(-c2nn(-c3ccccc3)cc2C(=O)N2CCCC(C(C)N)C2)o1.Cl. The van der Waals surface area contributed by atoms with Crippen LogP contribution in [0.15, 0.2) is 53.1 Å². The average molecular weight is 415 g/mol. The van der Waals surface area contributed by atoms with Crippen LogP contribution in [0.4, 0.5) is 0 Å². The van der Waals surface area contributed by atoms with Crippen LogP contribution in [0.5, 0.6) is 0 Å². The van der Waals surface area contributed by atoms with Crippen LogP contribution in [0.1, 0.15) is 35.9 Å². The number of furan rings is 1. The molecule has 2 aromatic heterocycles. The summed E-state index contributed by atoms with van der Waals surface area (Å²) in [5.41, 5.74) is 8.14. The number of hydrogen-bond donors (Lipinski definition) is 1. The highest BCUT2D eigenvalue weighted by molar-refractivity contribution is 5.99. The summed E-state index contributed by atoms with van der Waals surface area (Å²) >= 11 is 0. The lowest BCUT2D eigenvalue weighted by Crippen LogP contribution is -2.45. The molecule has 1 aliphatic rings. The van der Waals surface area contributed by atoms with E-state index in [0.29, 0.717) is 29.5 Å². The summed E-state index contributed by atoms with van der Waals surface area (Å²) in [5.74, 6) is 1.71. The molecule has 3 heterocycles. The van der Waals surface area contributed by atoms with Crippen LogP contribution in [0.25, 0.3) is 17.1 Å². The number of piperidine rings is 1. The fourth-order valence-electron chi connectivity index (χ4n) is 3.78. The van der Waals surface area contributed by atoms with Crippen LogP contribution in [-0.4, -0.2) is 39.7 Å². The summed E-state index contributed by atoms with van der Waals surface area (Å²) in [5, 5.41) is 4.68. The molecule has 1 amide bonds. The number of amides is 1. The minimum absolute atomic E-state index is 0. The van der Waals surface area contributed by atoms with Crippen LogP contribution >= 0.6 is 12.4 Å². The van der Waals surface area contributed by atoms with Gasteiger partial charge in [0.15, 0.2) is 5.76 Å². The standard InChI is InChI=1S/C22H26N4O2.ClH/c1-15-10-11-20(28-15)21-19(14-26(24-21)18-8-4-3-5-9-18)22(27)25-12-6-7-17(13-25)16(2)23;/h3-5,8-11,14,16-17H,6-7,12-13,23H2,1-2H3;1H. The van der Waals surface area contributed by atoms with Crippen molar-refractivity contribution in [2.45, 2.75) is 32.7 Å². The summed E-state index contributed by atoms with van der Waals surface area (Å²) in [7, 11) is 0.